The molecule has 1 spiro atoms. The maximum absolute atomic E-state index is 12.8. The lowest BCUT2D eigenvalue weighted by Gasteiger charge is -2.22. The molecule has 2 saturated heterocycles. The molecule has 2 fully saturated rings. The van der Waals surface area contributed by atoms with Gasteiger partial charge in [0.05, 0.1) is 23.6 Å². The van der Waals surface area contributed by atoms with Crippen LogP contribution in [-0.2, 0) is 4.79 Å². The second-order valence-electron chi connectivity index (χ2n) is 6.90. The van der Waals surface area contributed by atoms with Crippen LogP contribution in [0.15, 0.2) is 36.5 Å². The van der Waals surface area contributed by atoms with Gasteiger partial charge >= 0.3 is 12.1 Å². The molecule has 0 radical (unpaired) electrons. The van der Waals surface area contributed by atoms with E-state index in [1.54, 1.807) is 15.6 Å². The normalized spacial score (nSPS) is 21.9. The Kier molecular flexibility index (Phi) is 3.87. The molecule has 0 saturated carbocycles. The van der Waals surface area contributed by atoms with Gasteiger partial charge in [-0.3, -0.25) is 9.69 Å². The molecule has 1 aromatic carbocycles. The molecule has 9 heteroatoms. The third-order valence-electron chi connectivity index (χ3n) is 5.04. The highest BCUT2D eigenvalue weighted by Gasteiger charge is 2.54. The first-order valence-electron chi connectivity index (χ1n) is 8.67. The van der Waals surface area contributed by atoms with Gasteiger partial charge in [-0.25, -0.2) is 14.3 Å². The lowest BCUT2D eigenvalue weighted by atomic mass is 9.99. The van der Waals surface area contributed by atoms with E-state index in [1.807, 2.05) is 37.4 Å². The number of amides is 5. The first kappa shape index (κ1) is 17.1. The molecule has 9 nitrogen and oxygen atoms in total. The van der Waals surface area contributed by atoms with Gasteiger partial charge in [-0.2, -0.15) is 5.10 Å². The predicted molar refractivity (Wildman–Crippen MR) is 97.5 cm³/mol. The van der Waals surface area contributed by atoms with E-state index in [9.17, 15) is 14.4 Å². The predicted octanol–water partition coefficient (Wildman–Crippen LogP) is 1.34. The number of hydrogen-bond donors (Lipinski definition) is 2. The molecule has 1 aromatic heterocycles. The first-order valence-corrected chi connectivity index (χ1v) is 8.67. The SMILES string of the molecule is Cc1ccn(-c2ccccc2NC(=O)N2CCC3(C2)NC(=O)N(C)C3=O)n1. The van der Waals surface area contributed by atoms with Crippen molar-refractivity contribution in [1.82, 2.24) is 24.9 Å². The van der Waals surface area contributed by atoms with Crippen LogP contribution < -0.4 is 10.6 Å². The fourth-order valence-corrected chi connectivity index (χ4v) is 3.54. The molecule has 1 atom stereocenters. The molecule has 3 heterocycles. The Morgan fingerprint density at radius 1 is 1.26 bits per heavy atom. The molecule has 2 aromatic rings. The van der Waals surface area contributed by atoms with Gasteiger partial charge in [-0.05, 0) is 31.5 Å². The Hall–Kier alpha value is -3.36. The van der Waals surface area contributed by atoms with Crippen LogP contribution in [0.25, 0.3) is 5.69 Å². The van der Waals surface area contributed by atoms with Crippen LogP contribution in [0.4, 0.5) is 15.3 Å². The van der Waals surface area contributed by atoms with E-state index in [0.717, 1.165) is 16.3 Å². The maximum atomic E-state index is 12.8. The second-order valence-corrected chi connectivity index (χ2v) is 6.90. The quantitative estimate of drug-likeness (QED) is 0.782. The molecule has 27 heavy (non-hydrogen) atoms. The Morgan fingerprint density at radius 2 is 2.04 bits per heavy atom. The van der Waals surface area contributed by atoms with Crippen LogP contribution >= 0.6 is 0 Å². The summed E-state index contributed by atoms with van der Waals surface area (Å²) >= 11 is 0. The van der Waals surface area contributed by atoms with E-state index < -0.39 is 11.6 Å². The number of imide groups is 1. The number of likely N-dealkylation sites (tertiary alicyclic amines) is 1. The first-order chi connectivity index (χ1) is 12.9. The summed E-state index contributed by atoms with van der Waals surface area (Å²) in [5.41, 5.74) is 1.22. The van der Waals surface area contributed by atoms with Gasteiger partial charge in [-0.15, -0.1) is 0 Å². The average molecular weight is 368 g/mol. The van der Waals surface area contributed by atoms with Crippen LogP contribution in [0, 0.1) is 6.92 Å². The standard InChI is InChI=1S/C18H20N6O3/c1-12-7-9-24(21-12)14-6-4-3-5-13(14)19-16(26)23-10-8-18(11-23)15(25)22(2)17(27)20-18/h3-7,9H,8,10-11H2,1-2H3,(H,19,26)(H,20,27). The number of anilines is 1. The highest BCUT2D eigenvalue weighted by atomic mass is 16.2. The smallest absolute Gasteiger partial charge is 0.322 e. The monoisotopic (exact) mass is 368 g/mol. The summed E-state index contributed by atoms with van der Waals surface area (Å²) < 4.78 is 1.70. The third-order valence-corrected chi connectivity index (χ3v) is 5.04. The molecule has 5 amide bonds. The van der Waals surface area contributed by atoms with E-state index in [1.165, 1.54) is 7.05 Å². The molecule has 2 aliphatic rings. The third kappa shape index (κ3) is 2.80. The van der Waals surface area contributed by atoms with Crippen molar-refractivity contribution in [3.05, 3.63) is 42.2 Å². The minimum Gasteiger partial charge on any atom is -0.322 e. The van der Waals surface area contributed by atoms with Crippen LogP contribution in [0.3, 0.4) is 0 Å². The van der Waals surface area contributed by atoms with E-state index >= 15 is 0 Å². The number of likely N-dealkylation sites (N-methyl/N-ethyl adjacent to an activating group) is 1. The zero-order valence-corrected chi connectivity index (χ0v) is 15.1. The van der Waals surface area contributed by atoms with Crippen molar-refractivity contribution in [2.45, 2.75) is 18.9 Å². The number of nitrogens with zero attached hydrogens (tertiary/aromatic N) is 4. The van der Waals surface area contributed by atoms with Crippen LogP contribution in [-0.4, -0.2) is 63.2 Å². The van der Waals surface area contributed by atoms with Crippen molar-refractivity contribution in [1.29, 1.82) is 0 Å². The molecular weight excluding hydrogens is 348 g/mol. The number of hydrogen-bond acceptors (Lipinski definition) is 4. The zero-order valence-electron chi connectivity index (χ0n) is 15.1. The van der Waals surface area contributed by atoms with Gasteiger partial charge in [-0.1, -0.05) is 12.1 Å². The summed E-state index contributed by atoms with van der Waals surface area (Å²) in [6.07, 6.45) is 2.23. The summed E-state index contributed by atoms with van der Waals surface area (Å²) in [6, 6.07) is 8.50. The van der Waals surface area contributed by atoms with Crippen LogP contribution in [0.2, 0.25) is 0 Å². The zero-order chi connectivity index (χ0) is 19.2. The molecule has 0 bridgehead atoms. The molecule has 4 rings (SSSR count). The lowest BCUT2D eigenvalue weighted by Crippen LogP contribution is -2.50. The lowest BCUT2D eigenvalue weighted by molar-refractivity contribution is -0.129. The van der Waals surface area contributed by atoms with Crippen molar-refractivity contribution in [3.8, 4) is 5.69 Å². The summed E-state index contributed by atoms with van der Waals surface area (Å²) in [7, 11) is 1.44. The van der Waals surface area contributed by atoms with Gasteiger partial charge in [0.2, 0.25) is 0 Å². The molecule has 2 aliphatic heterocycles. The highest BCUT2D eigenvalue weighted by molar-refractivity contribution is 6.07. The fraction of sp³-hybridized carbons (Fsp3) is 0.333. The van der Waals surface area contributed by atoms with Gasteiger partial charge in [0.1, 0.15) is 5.54 Å². The van der Waals surface area contributed by atoms with Crippen molar-refractivity contribution in [3.63, 3.8) is 0 Å². The van der Waals surface area contributed by atoms with Crippen molar-refractivity contribution < 1.29 is 14.4 Å². The van der Waals surface area contributed by atoms with Gasteiger partial charge < -0.3 is 15.5 Å². The van der Waals surface area contributed by atoms with E-state index in [0.29, 0.717) is 18.7 Å². The topological polar surface area (TPSA) is 99.6 Å². The number of carbonyl (C=O) groups is 3. The van der Waals surface area contributed by atoms with Crippen LogP contribution in [0.5, 0.6) is 0 Å². The number of rotatable bonds is 2. The van der Waals surface area contributed by atoms with E-state index in [4.69, 9.17) is 0 Å². The maximum Gasteiger partial charge on any atom is 0.324 e. The number of aromatic nitrogens is 2. The molecule has 0 aliphatic carbocycles. The number of nitrogens with one attached hydrogen (secondary N) is 2. The van der Waals surface area contributed by atoms with Gasteiger partial charge in [0.15, 0.2) is 0 Å². The number of carbonyl (C=O) groups excluding carboxylic acids is 3. The minimum atomic E-state index is -1.01. The number of urea groups is 2. The largest absolute Gasteiger partial charge is 0.324 e. The second kappa shape index (κ2) is 6.11. The van der Waals surface area contributed by atoms with E-state index in [2.05, 4.69) is 15.7 Å². The van der Waals surface area contributed by atoms with Gasteiger partial charge in [0.25, 0.3) is 5.91 Å². The summed E-state index contributed by atoms with van der Waals surface area (Å²) in [5, 5.41) is 10.00. The Labute approximate surface area is 155 Å². The molecule has 1 unspecified atom stereocenters. The number of aryl methyl sites for hydroxylation is 1. The minimum absolute atomic E-state index is 0.150. The number of para-hydroxylation sites is 2. The van der Waals surface area contributed by atoms with Crippen molar-refractivity contribution >= 4 is 23.7 Å². The molecule has 2 N–H and O–H groups in total. The van der Waals surface area contributed by atoms with Crippen LogP contribution in [0.1, 0.15) is 12.1 Å². The fourth-order valence-electron chi connectivity index (χ4n) is 3.54. The van der Waals surface area contributed by atoms with Crippen molar-refractivity contribution in [2.75, 3.05) is 25.5 Å². The van der Waals surface area contributed by atoms with Crippen molar-refractivity contribution in [2.24, 2.45) is 0 Å². The Morgan fingerprint density at radius 3 is 2.70 bits per heavy atom. The Bertz CT molecular complexity index is 939. The molecule has 140 valence electrons. The van der Waals surface area contributed by atoms with E-state index in [-0.39, 0.29) is 18.5 Å². The average Bonchev–Trinajstić information content (AvgIpc) is 3.32. The summed E-state index contributed by atoms with van der Waals surface area (Å²) in [5.74, 6) is -0.296. The highest BCUT2D eigenvalue weighted by Crippen LogP contribution is 2.29. The number of benzene rings is 1. The summed E-state index contributed by atoms with van der Waals surface area (Å²) in [6.45, 7) is 2.43. The Balaban J connectivity index is 1.52. The van der Waals surface area contributed by atoms with Gasteiger partial charge in [0, 0.05) is 19.8 Å². The summed E-state index contributed by atoms with van der Waals surface area (Å²) in [4.78, 5) is 39.5. The molecular formula is C18H20N6O3.